The molecule has 3 aromatic rings. The van der Waals surface area contributed by atoms with Gasteiger partial charge in [-0.3, -0.25) is 9.58 Å². The molecule has 0 unspecified atom stereocenters. The number of fused-ring (bicyclic) bond motifs is 1. The van der Waals surface area contributed by atoms with Crippen LogP contribution in [0.25, 0.3) is 0 Å². The van der Waals surface area contributed by atoms with Crippen LogP contribution in [0.1, 0.15) is 17.2 Å². The van der Waals surface area contributed by atoms with Crippen molar-refractivity contribution in [1.82, 2.24) is 24.6 Å². The lowest BCUT2D eigenvalue weighted by molar-refractivity contribution is 0.109. The summed E-state index contributed by atoms with van der Waals surface area (Å²) in [5.41, 5.74) is 1.17. The zero-order chi connectivity index (χ0) is 16.4. The Morgan fingerprint density at radius 2 is 2.04 bits per heavy atom. The van der Waals surface area contributed by atoms with Gasteiger partial charge in [-0.15, -0.1) is 0 Å². The Labute approximate surface area is 139 Å². The Morgan fingerprint density at radius 1 is 1.17 bits per heavy atom. The maximum atomic E-state index is 5.98. The molecular weight excluding hydrogens is 306 g/mol. The van der Waals surface area contributed by atoms with Gasteiger partial charge in [-0.1, -0.05) is 0 Å². The molecule has 3 aromatic heterocycles. The number of aryl methyl sites for hydroxylation is 1. The Hall–Kier alpha value is -2.67. The van der Waals surface area contributed by atoms with Gasteiger partial charge in [0.05, 0.1) is 18.8 Å². The van der Waals surface area contributed by atoms with Crippen LogP contribution in [-0.2, 0) is 19.6 Å². The van der Waals surface area contributed by atoms with Crippen LogP contribution >= 0.6 is 0 Å². The molecule has 0 aliphatic carbocycles. The highest BCUT2D eigenvalue weighted by Crippen LogP contribution is 2.18. The summed E-state index contributed by atoms with van der Waals surface area (Å²) in [6.45, 7) is 4.92. The van der Waals surface area contributed by atoms with Gasteiger partial charge in [0, 0.05) is 31.7 Å². The van der Waals surface area contributed by atoms with Crippen LogP contribution in [0.4, 0.5) is 0 Å². The number of ether oxygens (including phenoxy) is 1. The van der Waals surface area contributed by atoms with Gasteiger partial charge in [0.2, 0.25) is 0 Å². The first-order chi connectivity index (χ1) is 11.8. The van der Waals surface area contributed by atoms with E-state index in [2.05, 4.69) is 20.0 Å². The fraction of sp³-hybridized carbons (Fsp3) is 0.353. The summed E-state index contributed by atoms with van der Waals surface area (Å²) in [6, 6.07) is 8.22. The summed E-state index contributed by atoms with van der Waals surface area (Å²) in [5.74, 6) is 1.88. The maximum Gasteiger partial charge on any atom is 0.316 e. The third-order valence-electron chi connectivity index (χ3n) is 4.02. The van der Waals surface area contributed by atoms with E-state index in [0.29, 0.717) is 12.6 Å². The SMILES string of the molecule is Cc1ccc(CN2Cc3ccnn3C[C@@H](Oc3ncccn3)C2)o1. The van der Waals surface area contributed by atoms with E-state index in [4.69, 9.17) is 9.15 Å². The van der Waals surface area contributed by atoms with Gasteiger partial charge < -0.3 is 9.15 Å². The molecule has 4 rings (SSSR count). The van der Waals surface area contributed by atoms with Crippen LogP contribution in [-0.4, -0.2) is 37.3 Å². The Bertz CT molecular complexity index is 798. The quantitative estimate of drug-likeness (QED) is 0.731. The molecule has 0 bridgehead atoms. The van der Waals surface area contributed by atoms with Gasteiger partial charge in [0.25, 0.3) is 0 Å². The molecule has 0 aromatic carbocycles. The summed E-state index contributed by atoms with van der Waals surface area (Å²) in [5, 5.41) is 4.40. The van der Waals surface area contributed by atoms with Crippen LogP contribution in [0.15, 0.2) is 47.3 Å². The molecular formula is C17H19N5O2. The van der Waals surface area contributed by atoms with Gasteiger partial charge in [0.1, 0.15) is 17.6 Å². The first kappa shape index (κ1) is 14.9. The van der Waals surface area contributed by atoms with Gasteiger partial charge in [-0.05, 0) is 31.2 Å². The van der Waals surface area contributed by atoms with E-state index in [-0.39, 0.29) is 6.10 Å². The predicted molar refractivity (Wildman–Crippen MR) is 86.2 cm³/mol. The molecule has 1 aliphatic heterocycles. The van der Waals surface area contributed by atoms with E-state index in [9.17, 15) is 0 Å². The summed E-state index contributed by atoms with van der Waals surface area (Å²) in [7, 11) is 0. The van der Waals surface area contributed by atoms with Crippen molar-refractivity contribution >= 4 is 0 Å². The molecule has 0 amide bonds. The minimum atomic E-state index is -0.0791. The van der Waals surface area contributed by atoms with Crippen LogP contribution < -0.4 is 4.74 Å². The molecule has 1 aliphatic rings. The topological polar surface area (TPSA) is 69.2 Å². The maximum absolute atomic E-state index is 5.98. The smallest absolute Gasteiger partial charge is 0.316 e. The second-order valence-corrected chi connectivity index (χ2v) is 5.96. The first-order valence-electron chi connectivity index (χ1n) is 7.98. The van der Waals surface area contributed by atoms with Gasteiger partial charge in [-0.25, -0.2) is 9.97 Å². The van der Waals surface area contributed by atoms with Gasteiger partial charge >= 0.3 is 6.01 Å². The van der Waals surface area contributed by atoms with Gasteiger partial charge in [-0.2, -0.15) is 5.10 Å². The minimum Gasteiger partial charge on any atom is -0.465 e. The second kappa shape index (κ2) is 6.45. The summed E-state index contributed by atoms with van der Waals surface area (Å²) >= 11 is 0. The number of hydrogen-bond acceptors (Lipinski definition) is 6. The van der Waals surface area contributed by atoms with E-state index in [0.717, 1.165) is 31.2 Å². The van der Waals surface area contributed by atoms with Crippen molar-refractivity contribution in [2.75, 3.05) is 6.54 Å². The molecule has 0 N–H and O–H groups in total. The molecule has 0 saturated carbocycles. The van der Waals surface area contributed by atoms with Crippen LogP contribution in [0.2, 0.25) is 0 Å². The van der Waals surface area contributed by atoms with E-state index in [1.54, 1.807) is 18.5 Å². The molecule has 7 nitrogen and oxygen atoms in total. The van der Waals surface area contributed by atoms with Crippen molar-refractivity contribution in [2.45, 2.75) is 32.7 Å². The normalized spacial score (nSPS) is 18.1. The van der Waals surface area contributed by atoms with E-state index in [1.807, 2.05) is 36.0 Å². The number of aromatic nitrogens is 4. The van der Waals surface area contributed by atoms with Crippen molar-refractivity contribution in [1.29, 1.82) is 0 Å². The van der Waals surface area contributed by atoms with Crippen molar-refractivity contribution in [2.24, 2.45) is 0 Å². The van der Waals surface area contributed by atoms with E-state index < -0.39 is 0 Å². The zero-order valence-corrected chi connectivity index (χ0v) is 13.5. The van der Waals surface area contributed by atoms with E-state index >= 15 is 0 Å². The lowest BCUT2D eigenvalue weighted by atomic mass is 10.3. The average molecular weight is 325 g/mol. The van der Waals surface area contributed by atoms with Crippen molar-refractivity contribution in [3.8, 4) is 6.01 Å². The van der Waals surface area contributed by atoms with Crippen molar-refractivity contribution < 1.29 is 9.15 Å². The largest absolute Gasteiger partial charge is 0.465 e. The second-order valence-electron chi connectivity index (χ2n) is 5.96. The molecule has 0 radical (unpaired) electrons. The Morgan fingerprint density at radius 3 is 2.83 bits per heavy atom. The lowest BCUT2D eigenvalue weighted by Crippen LogP contribution is -2.35. The fourth-order valence-electron chi connectivity index (χ4n) is 2.97. The highest BCUT2D eigenvalue weighted by atomic mass is 16.5. The number of furan rings is 1. The minimum absolute atomic E-state index is 0.0791. The molecule has 4 heterocycles. The molecule has 7 heteroatoms. The third kappa shape index (κ3) is 3.30. The van der Waals surface area contributed by atoms with Crippen molar-refractivity contribution in [3.63, 3.8) is 0 Å². The van der Waals surface area contributed by atoms with Gasteiger partial charge in [0.15, 0.2) is 0 Å². The van der Waals surface area contributed by atoms with Crippen molar-refractivity contribution in [3.05, 3.63) is 60.1 Å². The zero-order valence-electron chi connectivity index (χ0n) is 13.5. The average Bonchev–Trinajstić information content (AvgIpc) is 3.14. The monoisotopic (exact) mass is 325 g/mol. The molecule has 0 spiro atoms. The molecule has 24 heavy (non-hydrogen) atoms. The van der Waals surface area contributed by atoms with E-state index in [1.165, 1.54) is 5.69 Å². The first-order valence-corrected chi connectivity index (χ1v) is 7.98. The lowest BCUT2D eigenvalue weighted by Gasteiger charge is -2.22. The molecule has 0 saturated heterocycles. The Kier molecular flexibility index (Phi) is 4.00. The summed E-state index contributed by atoms with van der Waals surface area (Å²) < 4.78 is 13.7. The summed E-state index contributed by atoms with van der Waals surface area (Å²) in [6.07, 6.45) is 5.11. The summed E-state index contributed by atoms with van der Waals surface area (Å²) in [4.78, 5) is 10.6. The molecule has 1 atom stereocenters. The standard InChI is InChI=1S/C17H19N5O2/c1-13-3-4-15(23-13)10-21-9-14-5-8-20-22(14)12-16(11-21)24-17-18-6-2-7-19-17/h2-8,16H,9-12H2,1H3/t16-/m0/s1. The van der Waals surface area contributed by atoms with Crippen LogP contribution in [0.5, 0.6) is 6.01 Å². The number of nitrogens with zero attached hydrogens (tertiary/aromatic N) is 5. The van der Waals surface area contributed by atoms with Crippen LogP contribution in [0.3, 0.4) is 0 Å². The fourth-order valence-corrected chi connectivity index (χ4v) is 2.97. The Balaban J connectivity index is 1.54. The highest BCUT2D eigenvalue weighted by Gasteiger charge is 2.25. The third-order valence-corrected chi connectivity index (χ3v) is 4.02. The predicted octanol–water partition coefficient (Wildman–Crippen LogP) is 2.04. The van der Waals surface area contributed by atoms with Crippen LogP contribution in [0, 0.1) is 6.92 Å². The number of hydrogen-bond donors (Lipinski definition) is 0. The molecule has 0 fully saturated rings. The highest BCUT2D eigenvalue weighted by molar-refractivity contribution is 5.08. The molecule has 124 valence electrons. The number of rotatable bonds is 4.